The number of halogens is 4. The molecule has 3 nitrogen and oxygen atoms in total. The van der Waals surface area contributed by atoms with Crippen molar-refractivity contribution in [1.82, 2.24) is 0 Å². The Bertz CT molecular complexity index is 1490. The molecule has 8 heteroatoms. The van der Waals surface area contributed by atoms with E-state index >= 15 is 0 Å². The quantitative estimate of drug-likeness (QED) is 0.185. The summed E-state index contributed by atoms with van der Waals surface area (Å²) in [6.45, 7) is 4.36. The highest BCUT2D eigenvalue weighted by molar-refractivity contribution is 7.39. The fourth-order valence-electron chi connectivity index (χ4n) is 4.92. The lowest BCUT2D eigenvalue weighted by atomic mass is 9.99. The fourth-order valence-corrected chi connectivity index (χ4v) is 8.07. The summed E-state index contributed by atoms with van der Waals surface area (Å²) >= 11 is 26.4. The maximum Gasteiger partial charge on any atom is 0.310 e. The van der Waals surface area contributed by atoms with E-state index in [4.69, 9.17) is 54.8 Å². The molecule has 4 aromatic carbocycles. The molecule has 0 N–H and O–H groups in total. The van der Waals surface area contributed by atoms with Gasteiger partial charge in [0.05, 0.1) is 10.0 Å². The zero-order valence-corrected chi connectivity index (χ0v) is 24.8. The molecule has 0 saturated heterocycles. The maximum atomic E-state index is 6.77. The van der Waals surface area contributed by atoms with E-state index in [1.54, 1.807) is 12.1 Å². The van der Waals surface area contributed by atoms with E-state index in [1.807, 2.05) is 24.3 Å². The van der Waals surface area contributed by atoms with Crippen LogP contribution in [0, 0.1) is 0 Å². The summed E-state index contributed by atoms with van der Waals surface area (Å²) in [5.41, 5.74) is 3.34. The first-order valence-electron chi connectivity index (χ1n) is 12.4. The topological polar surface area (TPSA) is 29.5 Å². The lowest BCUT2D eigenvalue weighted by Crippen LogP contribution is -2.30. The molecular formula is C30H26Cl4NO2P. The second-order valence-electron chi connectivity index (χ2n) is 9.00. The Morgan fingerprint density at radius 2 is 1.03 bits per heavy atom. The van der Waals surface area contributed by atoms with Crippen molar-refractivity contribution in [3.05, 3.63) is 116 Å². The summed E-state index contributed by atoms with van der Waals surface area (Å²) in [6.07, 6.45) is 1.67. The predicted octanol–water partition coefficient (Wildman–Crippen LogP) is 12.1. The minimum Gasteiger partial charge on any atom is -0.406 e. The molecule has 38 heavy (non-hydrogen) atoms. The highest BCUT2D eigenvalue weighted by atomic mass is 35.5. The number of rotatable bonds is 7. The van der Waals surface area contributed by atoms with Crippen LogP contribution in [0.2, 0.25) is 20.1 Å². The molecule has 0 aliphatic carbocycles. The van der Waals surface area contributed by atoms with E-state index in [2.05, 4.69) is 67.0 Å². The number of hydrogen-bond acceptors (Lipinski definition) is 3. The average Bonchev–Trinajstić information content (AvgIpc) is 3.07. The molecule has 5 rings (SSSR count). The lowest BCUT2D eigenvalue weighted by molar-refractivity contribution is 0.503. The molecule has 1 aromatic heterocycles. The Kier molecular flexibility index (Phi) is 8.65. The Hall–Kier alpha value is -2.10. The van der Waals surface area contributed by atoms with Gasteiger partial charge in [-0.3, -0.25) is 0 Å². The molecule has 196 valence electrons. The summed E-state index contributed by atoms with van der Waals surface area (Å²) in [5, 5.41) is 3.13. The van der Waals surface area contributed by atoms with Crippen molar-refractivity contribution >= 4 is 76.5 Å². The van der Waals surface area contributed by atoms with Crippen LogP contribution in [0.25, 0.3) is 21.9 Å². The Morgan fingerprint density at radius 3 is 1.39 bits per heavy atom. The van der Waals surface area contributed by atoms with Crippen LogP contribution in [0.1, 0.15) is 49.9 Å². The Labute approximate surface area is 243 Å². The van der Waals surface area contributed by atoms with Gasteiger partial charge in [0.1, 0.15) is 0 Å². The summed E-state index contributed by atoms with van der Waals surface area (Å²) in [7, 11) is -1.75. The van der Waals surface area contributed by atoms with Crippen LogP contribution in [0.4, 0.5) is 0 Å². The summed E-state index contributed by atoms with van der Waals surface area (Å²) in [4.78, 5) is 0. The van der Waals surface area contributed by atoms with Gasteiger partial charge in [0, 0.05) is 32.9 Å². The molecule has 0 spiro atoms. The monoisotopic (exact) mass is 603 g/mol. The van der Waals surface area contributed by atoms with Crippen molar-refractivity contribution in [3.8, 4) is 0 Å². The molecule has 0 radical (unpaired) electrons. The average molecular weight is 605 g/mol. The van der Waals surface area contributed by atoms with Crippen LogP contribution in [-0.4, -0.2) is 0 Å². The number of hydrogen-bond donors (Lipinski definition) is 0. The highest BCUT2D eigenvalue weighted by Gasteiger charge is 2.32. The van der Waals surface area contributed by atoms with Gasteiger partial charge in [-0.2, -0.15) is 4.67 Å². The minimum atomic E-state index is -1.75. The van der Waals surface area contributed by atoms with Crippen LogP contribution >= 0.6 is 54.6 Å². The first-order valence-corrected chi connectivity index (χ1v) is 15.1. The molecule has 0 aliphatic heterocycles. The van der Waals surface area contributed by atoms with E-state index in [0.717, 1.165) is 12.8 Å². The van der Waals surface area contributed by atoms with Crippen LogP contribution in [0.5, 0.6) is 0 Å². The van der Waals surface area contributed by atoms with Gasteiger partial charge in [0.25, 0.3) is 0 Å². The number of benzene rings is 4. The van der Waals surface area contributed by atoms with Crippen LogP contribution in [-0.2, 0) is 0 Å². The third-order valence-corrected chi connectivity index (χ3v) is 9.23. The minimum absolute atomic E-state index is 0.00498. The van der Waals surface area contributed by atoms with E-state index in [1.165, 1.54) is 11.1 Å². The molecule has 0 saturated carbocycles. The maximum absolute atomic E-state index is 6.77. The van der Waals surface area contributed by atoms with Gasteiger partial charge in [-0.15, -0.1) is 0 Å². The number of fused-ring (bicyclic) bond motifs is 3. The third-order valence-electron chi connectivity index (χ3n) is 6.61. The van der Waals surface area contributed by atoms with Crippen molar-refractivity contribution in [1.29, 1.82) is 0 Å². The van der Waals surface area contributed by atoms with Crippen LogP contribution in [0.3, 0.4) is 0 Å². The van der Waals surface area contributed by atoms with Gasteiger partial charge in [-0.05, 0) is 48.2 Å². The van der Waals surface area contributed by atoms with Gasteiger partial charge in [0.2, 0.25) is 0 Å². The van der Waals surface area contributed by atoms with Crippen molar-refractivity contribution in [3.63, 3.8) is 0 Å². The van der Waals surface area contributed by atoms with Crippen LogP contribution < -0.4 is 4.67 Å². The van der Waals surface area contributed by atoms with E-state index < -0.39 is 8.16 Å². The summed E-state index contributed by atoms with van der Waals surface area (Å²) in [6, 6.07) is 27.8. The molecule has 1 heterocycles. The second kappa shape index (κ2) is 12.0. The largest absolute Gasteiger partial charge is 0.406 e. The molecule has 0 bridgehead atoms. The summed E-state index contributed by atoms with van der Waals surface area (Å²) < 4.78 is 15.9. The molecule has 5 aromatic rings. The zero-order chi connectivity index (χ0) is 26.8. The van der Waals surface area contributed by atoms with Gasteiger partial charge in [-0.25, -0.2) is 0 Å². The molecule has 2 atom stereocenters. The predicted molar refractivity (Wildman–Crippen MR) is 164 cm³/mol. The smallest absolute Gasteiger partial charge is 0.310 e. The zero-order valence-electron chi connectivity index (χ0n) is 20.9. The first kappa shape index (κ1) is 27.5. The highest BCUT2D eigenvalue weighted by Crippen LogP contribution is 2.50. The van der Waals surface area contributed by atoms with Crippen molar-refractivity contribution < 1.29 is 8.39 Å². The first-order chi connectivity index (χ1) is 18.4. The fraction of sp³-hybridized carbons (Fsp3) is 0.200. The van der Waals surface area contributed by atoms with E-state index in [9.17, 15) is 0 Å². The molecule has 0 fully saturated rings. The Morgan fingerprint density at radius 1 is 0.632 bits per heavy atom. The summed E-state index contributed by atoms with van der Waals surface area (Å²) in [5.74, 6) is 0. The SMILES string of the molecule is CC[C@@H](c1ccccc1)N([C@@H](CC)c1ccccc1)p1oc2c(Cl)cc(Cl)cc2c2cc(Cl)cc(Cl)c2o1. The van der Waals surface area contributed by atoms with E-state index in [0.29, 0.717) is 42.0 Å². The molecular weight excluding hydrogens is 579 g/mol. The van der Waals surface area contributed by atoms with Gasteiger partial charge < -0.3 is 8.39 Å². The van der Waals surface area contributed by atoms with Crippen molar-refractivity contribution in [2.75, 3.05) is 4.67 Å². The van der Waals surface area contributed by atoms with Crippen molar-refractivity contribution in [2.45, 2.75) is 38.8 Å². The van der Waals surface area contributed by atoms with Gasteiger partial charge >= 0.3 is 8.16 Å². The normalized spacial score (nSPS) is 13.2. The second-order valence-corrected chi connectivity index (χ2v) is 12.0. The van der Waals surface area contributed by atoms with Crippen LogP contribution in [0.15, 0.2) is 93.3 Å². The third kappa shape index (κ3) is 5.47. The molecule has 0 unspecified atom stereocenters. The lowest BCUT2D eigenvalue weighted by Gasteiger charge is -2.35. The number of nitrogens with zero attached hydrogens (tertiary/aromatic N) is 1. The van der Waals surface area contributed by atoms with Gasteiger partial charge in [0.15, 0.2) is 11.2 Å². The Balaban J connectivity index is 1.90. The van der Waals surface area contributed by atoms with E-state index in [-0.39, 0.29) is 12.1 Å². The van der Waals surface area contributed by atoms with Crippen molar-refractivity contribution in [2.24, 2.45) is 0 Å². The molecule has 0 amide bonds. The molecule has 0 aliphatic rings. The van der Waals surface area contributed by atoms with Gasteiger partial charge in [-0.1, -0.05) is 121 Å². The standard InChI is InChI=1S/C30H26Cl4NO2P/c1-3-27(19-11-7-5-8-12-19)35(28(4-2)20-13-9-6-10-14-20)38-36-29-23(15-21(31)17-25(29)33)24-16-22(32)18-26(34)30(24)37-38/h5-18,27-28H,3-4H2,1-2H3/t27-,28-/m0/s1.